The first kappa shape index (κ1) is 17.3. The zero-order chi connectivity index (χ0) is 19.7. The van der Waals surface area contributed by atoms with Crippen LogP contribution in [-0.2, 0) is 0 Å². The largest absolute Gasteiger partial charge is 0.872 e. The van der Waals surface area contributed by atoms with Gasteiger partial charge in [-0.1, -0.05) is 54.3 Å². The van der Waals surface area contributed by atoms with Gasteiger partial charge in [0.25, 0.3) is 5.69 Å². The number of nitro groups is 1. The number of para-hydroxylation sites is 1. The van der Waals surface area contributed by atoms with Crippen molar-refractivity contribution in [1.82, 2.24) is 0 Å². The number of nitrogens with one attached hydrogen (secondary N) is 1. The molecule has 0 radical (unpaired) electrons. The van der Waals surface area contributed by atoms with Crippen molar-refractivity contribution in [2.45, 2.75) is 0 Å². The van der Waals surface area contributed by atoms with E-state index in [2.05, 4.69) is 10.5 Å². The van der Waals surface area contributed by atoms with Gasteiger partial charge in [0.15, 0.2) is 0 Å². The molecule has 0 heterocycles. The molecule has 0 atom stereocenters. The zero-order valence-electron chi connectivity index (χ0n) is 14.5. The molecule has 7 nitrogen and oxygen atoms in total. The highest BCUT2D eigenvalue weighted by molar-refractivity contribution is 6.15. The number of rotatable bonds is 4. The van der Waals surface area contributed by atoms with Crippen LogP contribution in [-0.4, -0.2) is 16.2 Å². The molecule has 0 aliphatic carbocycles. The predicted octanol–water partition coefficient (Wildman–Crippen LogP) is 4.13. The van der Waals surface area contributed by atoms with Crippen LogP contribution in [0.2, 0.25) is 0 Å². The van der Waals surface area contributed by atoms with Crippen LogP contribution in [0.25, 0.3) is 21.5 Å². The van der Waals surface area contributed by atoms with E-state index in [1.165, 1.54) is 18.3 Å². The lowest BCUT2D eigenvalue weighted by Crippen LogP contribution is -2.00. The minimum atomic E-state index is -0.611. The standard InChI is InChI=1S/C21H15N3O4/c25-20-15-8-4-5-9-16(15)21(26)18-17(20)11-10-13(19(18)24(27)28)12-22-23-14-6-2-1-3-7-14/h1-12,23,25-26H/p-1. The summed E-state index contributed by atoms with van der Waals surface area (Å²) < 4.78 is 0. The van der Waals surface area contributed by atoms with Crippen LogP contribution >= 0.6 is 0 Å². The third kappa shape index (κ3) is 2.84. The number of hydrogen-bond acceptors (Lipinski definition) is 6. The van der Waals surface area contributed by atoms with E-state index in [1.54, 1.807) is 36.4 Å². The maximum absolute atomic E-state index is 12.7. The topological polar surface area (TPSA) is 111 Å². The summed E-state index contributed by atoms with van der Waals surface area (Å²) in [6, 6.07) is 18.5. The van der Waals surface area contributed by atoms with E-state index in [-0.39, 0.29) is 38.9 Å². The van der Waals surface area contributed by atoms with Crippen LogP contribution in [0.4, 0.5) is 11.4 Å². The van der Waals surface area contributed by atoms with Crippen LogP contribution in [0, 0.1) is 10.1 Å². The fourth-order valence-corrected chi connectivity index (χ4v) is 3.19. The molecular formula is C21H14N3O4-. The Labute approximate surface area is 159 Å². The number of aromatic hydroxyl groups is 1. The van der Waals surface area contributed by atoms with E-state index in [4.69, 9.17) is 0 Å². The average molecular weight is 372 g/mol. The van der Waals surface area contributed by atoms with Crippen molar-refractivity contribution in [2.24, 2.45) is 5.10 Å². The Morgan fingerprint density at radius 1 is 0.929 bits per heavy atom. The van der Waals surface area contributed by atoms with E-state index in [0.717, 1.165) is 5.69 Å². The van der Waals surface area contributed by atoms with E-state index >= 15 is 0 Å². The summed E-state index contributed by atoms with van der Waals surface area (Å²) in [6.07, 6.45) is 1.30. The lowest BCUT2D eigenvalue weighted by molar-refractivity contribution is -0.383. The van der Waals surface area contributed by atoms with Gasteiger partial charge in [0, 0.05) is 5.39 Å². The predicted molar refractivity (Wildman–Crippen MR) is 107 cm³/mol. The Bertz CT molecular complexity index is 1240. The molecule has 138 valence electrons. The summed E-state index contributed by atoms with van der Waals surface area (Å²) in [5, 5.41) is 39.8. The quantitative estimate of drug-likeness (QED) is 0.242. The van der Waals surface area contributed by atoms with E-state index < -0.39 is 4.92 Å². The minimum absolute atomic E-state index is 0.0858. The van der Waals surface area contributed by atoms with Gasteiger partial charge in [0.1, 0.15) is 11.1 Å². The lowest BCUT2D eigenvalue weighted by Gasteiger charge is -2.17. The molecule has 0 fully saturated rings. The average Bonchev–Trinajstić information content (AvgIpc) is 2.72. The molecule has 2 N–H and O–H groups in total. The first-order valence-corrected chi connectivity index (χ1v) is 8.44. The molecule has 0 amide bonds. The first-order chi connectivity index (χ1) is 13.6. The highest BCUT2D eigenvalue weighted by atomic mass is 16.6. The highest BCUT2D eigenvalue weighted by Crippen LogP contribution is 2.44. The number of hydrogen-bond donors (Lipinski definition) is 2. The van der Waals surface area contributed by atoms with Crippen molar-refractivity contribution in [3.63, 3.8) is 0 Å². The Morgan fingerprint density at radius 2 is 1.61 bits per heavy atom. The molecule has 4 rings (SSSR count). The van der Waals surface area contributed by atoms with Crippen molar-refractivity contribution in [1.29, 1.82) is 0 Å². The van der Waals surface area contributed by atoms with E-state index in [0.29, 0.717) is 5.39 Å². The second kappa shape index (κ2) is 6.88. The molecule has 4 aromatic rings. The molecule has 0 aromatic heterocycles. The van der Waals surface area contributed by atoms with Crippen molar-refractivity contribution >= 4 is 39.1 Å². The summed E-state index contributed by atoms with van der Waals surface area (Å²) in [5.41, 5.74) is 3.31. The number of phenolic OH excluding ortho intramolecular Hbond substituents is 1. The van der Waals surface area contributed by atoms with Gasteiger partial charge in [0.05, 0.1) is 22.4 Å². The van der Waals surface area contributed by atoms with Crippen molar-refractivity contribution in [3.8, 4) is 11.5 Å². The van der Waals surface area contributed by atoms with Crippen LogP contribution in [0.1, 0.15) is 5.56 Å². The molecule has 0 spiro atoms. The third-order valence-electron chi connectivity index (χ3n) is 4.47. The maximum atomic E-state index is 12.7. The fourth-order valence-electron chi connectivity index (χ4n) is 3.19. The molecule has 0 bridgehead atoms. The summed E-state index contributed by atoms with van der Waals surface area (Å²) in [7, 11) is 0. The Hall–Kier alpha value is -4.13. The maximum Gasteiger partial charge on any atom is 0.289 e. The van der Waals surface area contributed by atoms with Gasteiger partial charge >= 0.3 is 0 Å². The third-order valence-corrected chi connectivity index (χ3v) is 4.47. The number of hydrazone groups is 1. The lowest BCUT2D eigenvalue weighted by atomic mass is 9.97. The van der Waals surface area contributed by atoms with Gasteiger partial charge in [-0.2, -0.15) is 5.10 Å². The Kier molecular flexibility index (Phi) is 4.25. The van der Waals surface area contributed by atoms with Gasteiger partial charge in [-0.15, -0.1) is 0 Å². The number of benzene rings is 4. The molecular weight excluding hydrogens is 358 g/mol. The molecule has 4 aromatic carbocycles. The van der Waals surface area contributed by atoms with Crippen molar-refractivity contribution in [2.75, 3.05) is 5.43 Å². The number of nitrogens with zero attached hydrogens (tertiary/aromatic N) is 2. The summed E-state index contributed by atoms with van der Waals surface area (Å²) >= 11 is 0. The molecule has 7 heteroatoms. The van der Waals surface area contributed by atoms with Gasteiger partial charge in [-0.3, -0.25) is 15.5 Å². The fraction of sp³-hybridized carbons (Fsp3) is 0. The normalized spacial score (nSPS) is 11.3. The summed E-state index contributed by atoms with van der Waals surface area (Å²) in [6.45, 7) is 0. The molecule has 0 saturated heterocycles. The van der Waals surface area contributed by atoms with Crippen molar-refractivity contribution < 1.29 is 15.1 Å². The van der Waals surface area contributed by atoms with Gasteiger partial charge in [0.2, 0.25) is 0 Å². The highest BCUT2D eigenvalue weighted by Gasteiger charge is 2.22. The second-order valence-electron chi connectivity index (χ2n) is 6.14. The van der Waals surface area contributed by atoms with E-state index in [1.807, 2.05) is 18.2 Å². The minimum Gasteiger partial charge on any atom is -0.872 e. The molecule has 0 aliphatic heterocycles. The van der Waals surface area contributed by atoms with Gasteiger partial charge in [-0.25, -0.2) is 0 Å². The number of nitro benzene ring substituents is 1. The molecule has 0 aliphatic rings. The smallest absolute Gasteiger partial charge is 0.289 e. The van der Waals surface area contributed by atoms with Crippen LogP contribution < -0.4 is 10.5 Å². The van der Waals surface area contributed by atoms with Crippen molar-refractivity contribution in [3.05, 3.63) is 82.4 Å². The number of anilines is 1. The Balaban J connectivity index is 1.91. The first-order valence-electron chi connectivity index (χ1n) is 8.44. The summed E-state index contributed by atoms with van der Waals surface area (Å²) in [5.74, 6) is -0.652. The number of fused-ring (bicyclic) bond motifs is 2. The monoisotopic (exact) mass is 372 g/mol. The van der Waals surface area contributed by atoms with E-state index in [9.17, 15) is 20.3 Å². The number of phenols is 1. The van der Waals surface area contributed by atoms with Crippen LogP contribution in [0.3, 0.4) is 0 Å². The van der Waals surface area contributed by atoms with Crippen LogP contribution in [0.5, 0.6) is 11.5 Å². The molecule has 28 heavy (non-hydrogen) atoms. The summed E-state index contributed by atoms with van der Waals surface area (Å²) in [4.78, 5) is 11.2. The van der Waals surface area contributed by atoms with Crippen LogP contribution in [0.15, 0.2) is 71.8 Å². The SMILES string of the molecule is O=[N+]([O-])c1c(C=NNc2ccccc2)ccc2c([O-])c3ccccc3c(O)c12. The van der Waals surface area contributed by atoms with Gasteiger partial charge in [-0.05, 0) is 29.0 Å². The molecule has 0 saturated carbocycles. The molecule has 0 unspecified atom stereocenters. The van der Waals surface area contributed by atoms with Gasteiger partial charge < -0.3 is 10.2 Å². The zero-order valence-corrected chi connectivity index (χ0v) is 14.5. The Morgan fingerprint density at radius 3 is 2.32 bits per heavy atom. The second-order valence-corrected chi connectivity index (χ2v) is 6.14.